The molecule has 0 fully saturated rings. The highest BCUT2D eigenvalue weighted by Gasteiger charge is 2.18. The molecule has 2 rings (SSSR count). The Morgan fingerprint density at radius 3 is 2.73 bits per heavy atom. The summed E-state index contributed by atoms with van der Waals surface area (Å²) >= 11 is 1.84. The molecule has 0 aliphatic carbocycles. The average Bonchev–Trinajstić information content (AvgIpc) is 2.89. The number of furan rings is 1. The van der Waals surface area contributed by atoms with Crippen LogP contribution in [-0.4, -0.2) is 42.5 Å². The van der Waals surface area contributed by atoms with Crippen LogP contribution in [0.5, 0.6) is 0 Å². The molecule has 0 unspecified atom stereocenters. The summed E-state index contributed by atoms with van der Waals surface area (Å²) in [6.07, 6.45) is 2.13. The molecule has 0 saturated carbocycles. The van der Waals surface area contributed by atoms with Gasteiger partial charge in [-0.3, -0.25) is 4.99 Å². The molecule has 4 nitrogen and oxygen atoms in total. The number of fused-ring (bicyclic) bond motifs is 1. The van der Waals surface area contributed by atoms with E-state index in [2.05, 4.69) is 47.4 Å². The first-order valence-corrected chi connectivity index (χ1v) is 8.62. The summed E-state index contributed by atoms with van der Waals surface area (Å²) in [7, 11) is 3.83. The minimum atomic E-state index is 0.177. The minimum absolute atomic E-state index is 0.177. The Balaban J connectivity index is 2.01. The number of nitrogens with one attached hydrogen (secondary N) is 1. The predicted molar refractivity (Wildman–Crippen MR) is 96.6 cm³/mol. The van der Waals surface area contributed by atoms with Crippen LogP contribution < -0.4 is 5.32 Å². The van der Waals surface area contributed by atoms with Gasteiger partial charge in [-0.1, -0.05) is 18.2 Å². The standard InChI is InChI=1S/C17H25N3OS/c1-17(2,22-5)12-19-16(18-3)20(4)11-14-10-13-8-6-7-9-15(13)21-14/h6-10H,11-12H2,1-5H3,(H,18,19). The van der Waals surface area contributed by atoms with E-state index in [-0.39, 0.29) is 4.75 Å². The Hall–Kier alpha value is -1.62. The highest BCUT2D eigenvalue weighted by molar-refractivity contribution is 7.99. The lowest BCUT2D eigenvalue weighted by Crippen LogP contribution is -2.43. The smallest absolute Gasteiger partial charge is 0.193 e. The fourth-order valence-corrected chi connectivity index (χ4v) is 2.39. The number of nitrogens with zero attached hydrogens (tertiary/aromatic N) is 2. The lowest BCUT2D eigenvalue weighted by Gasteiger charge is -2.27. The third-order valence-electron chi connectivity index (χ3n) is 3.67. The largest absolute Gasteiger partial charge is 0.459 e. The maximum absolute atomic E-state index is 5.87. The second-order valence-corrected chi connectivity index (χ2v) is 7.48. The molecule has 5 heteroatoms. The van der Waals surface area contributed by atoms with Crippen molar-refractivity contribution in [3.8, 4) is 0 Å². The molecule has 1 N–H and O–H groups in total. The lowest BCUT2D eigenvalue weighted by atomic mass is 10.2. The molecule has 0 spiro atoms. The van der Waals surface area contributed by atoms with Gasteiger partial charge in [0.05, 0.1) is 6.54 Å². The maximum Gasteiger partial charge on any atom is 0.193 e. The van der Waals surface area contributed by atoms with E-state index < -0.39 is 0 Å². The van der Waals surface area contributed by atoms with E-state index in [4.69, 9.17) is 4.42 Å². The summed E-state index contributed by atoms with van der Waals surface area (Å²) in [6, 6.07) is 10.2. The molecule has 0 bridgehead atoms. The highest BCUT2D eigenvalue weighted by atomic mass is 32.2. The average molecular weight is 319 g/mol. The summed E-state index contributed by atoms with van der Waals surface area (Å²) in [5.74, 6) is 1.82. The van der Waals surface area contributed by atoms with Crippen molar-refractivity contribution in [2.75, 3.05) is 26.9 Å². The normalized spacial score (nSPS) is 12.7. The summed E-state index contributed by atoms with van der Waals surface area (Å²) in [5.41, 5.74) is 0.928. The first-order chi connectivity index (χ1) is 10.4. The zero-order valence-corrected chi connectivity index (χ0v) is 14.8. The van der Waals surface area contributed by atoms with Gasteiger partial charge in [-0.25, -0.2) is 0 Å². The van der Waals surface area contributed by atoms with E-state index in [1.165, 1.54) is 0 Å². The van der Waals surface area contributed by atoms with Crippen molar-refractivity contribution in [3.05, 3.63) is 36.1 Å². The molecule has 2 aromatic rings. The zero-order valence-electron chi connectivity index (χ0n) is 14.0. The van der Waals surface area contributed by atoms with Gasteiger partial charge in [0.2, 0.25) is 0 Å². The van der Waals surface area contributed by atoms with Crippen molar-refractivity contribution in [3.63, 3.8) is 0 Å². The number of aliphatic imine (C=N–C) groups is 1. The van der Waals surface area contributed by atoms with E-state index >= 15 is 0 Å². The highest BCUT2D eigenvalue weighted by Crippen LogP contribution is 2.21. The van der Waals surface area contributed by atoms with Gasteiger partial charge in [0.1, 0.15) is 11.3 Å². The number of thioether (sulfide) groups is 1. The van der Waals surface area contributed by atoms with Gasteiger partial charge in [-0.05, 0) is 32.2 Å². The van der Waals surface area contributed by atoms with Crippen molar-refractivity contribution in [1.82, 2.24) is 10.2 Å². The molecule has 1 aromatic heterocycles. The van der Waals surface area contributed by atoms with Crippen molar-refractivity contribution in [1.29, 1.82) is 0 Å². The first-order valence-electron chi connectivity index (χ1n) is 7.39. The number of para-hydroxylation sites is 1. The quantitative estimate of drug-likeness (QED) is 0.675. The maximum atomic E-state index is 5.87. The van der Waals surface area contributed by atoms with Crippen LogP contribution in [0.1, 0.15) is 19.6 Å². The molecular weight excluding hydrogens is 294 g/mol. The number of hydrogen-bond acceptors (Lipinski definition) is 3. The number of rotatable bonds is 5. The molecule has 0 aliphatic heterocycles. The van der Waals surface area contributed by atoms with Gasteiger partial charge in [0.25, 0.3) is 0 Å². The van der Waals surface area contributed by atoms with E-state index in [1.54, 1.807) is 0 Å². The van der Waals surface area contributed by atoms with Crippen LogP contribution in [0.15, 0.2) is 39.7 Å². The third-order valence-corrected chi connectivity index (χ3v) is 4.92. The molecule has 0 radical (unpaired) electrons. The van der Waals surface area contributed by atoms with Crippen molar-refractivity contribution in [2.24, 2.45) is 4.99 Å². The van der Waals surface area contributed by atoms with Crippen LogP contribution in [0.2, 0.25) is 0 Å². The monoisotopic (exact) mass is 319 g/mol. The Labute approximate surface area is 137 Å². The van der Waals surface area contributed by atoms with Crippen molar-refractivity contribution < 1.29 is 4.42 Å². The van der Waals surface area contributed by atoms with Gasteiger partial charge in [-0.15, -0.1) is 0 Å². The summed E-state index contributed by atoms with van der Waals surface area (Å²) < 4.78 is 6.05. The molecule has 0 atom stereocenters. The van der Waals surface area contributed by atoms with E-state index in [0.29, 0.717) is 6.54 Å². The molecule has 120 valence electrons. The number of benzene rings is 1. The van der Waals surface area contributed by atoms with E-state index in [9.17, 15) is 0 Å². The lowest BCUT2D eigenvalue weighted by molar-refractivity contribution is 0.411. The SMILES string of the molecule is CN=C(NCC(C)(C)SC)N(C)Cc1cc2ccccc2o1. The van der Waals surface area contributed by atoms with Crippen LogP contribution in [0.4, 0.5) is 0 Å². The van der Waals surface area contributed by atoms with Crippen LogP contribution in [-0.2, 0) is 6.54 Å². The molecule has 0 aliphatic rings. The predicted octanol–water partition coefficient (Wildman–Crippen LogP) is 3.58. The summed E-state index contributed by atoms with van der Waals surface area (Å²) in [5, 5.41) is 4.56. The Kier molecular flexibility index (Phi) is 5.40. The zero-order chi connectivity index (χ0) is 16.2. The van der Waals surface area contributed by atoms with E-state index in [1.807, 2.05) is 44.1 Å². The van der Waals surface area contributed by atoms with Crippen molar-refractivity contribution >= 4 is 28.7 Å². The van der Waals surface area contributed by atoms with Gasteiger partial charge in [0, 0.05) is 30.8 Å². The fraction of sp³-hybridized carbons (Fsp3) is 0.471. The molecule has 0 saturated heterocycles. The molecular formula is C17H25N3OS. The van der Waals surface area contributed by atoms with Gasteiger partial charge < -0.3 is 14.6 Å². The summed E-state index contributed by atoms with van der Waals surface area (Å²) in [6.45, 7) is 5.99. The molecule has 0 amide bonds. The molecule has 22 heavy (non-hydrogen) atoms. The fourth-order valence-electron chi connectivity index (χ4n) is 2.17. The van der Waals surface area contributed by atoms with Gasteiger partial charge in [-0.2, -0.15) is 11.8 Å². The number of hydrogen-bond donors (Lipinski definition) is 1. The first kappa shape index (κ1) is 16.7. The minimum Gasteiger partial charge on any atom is -0.459 e. The van der Waals surface area contributed by atoms with Crippen LogP contribution in [0, 0.1) is 0 Å². The summed E-state index contributed by atoms with van der Waals surface area (Å²) in [4.78, 5) is 6.43. The second kappa shape index (κ2) is 7.09. The van der Waals surface area contributed by atoms with E-state index in [0.717, 1.165) is 29.2 Å². The second-order valence-electron chi connectivity index (χ2n) is 5.97. The Morgan fingerprint density at radius 2 is 2.09 bits per heavy atom. The number of guanidine groups is 1. The third kappa shape index (κ3) is 4.19. The van der Waals surface area contributed by atoms with Crippen LogP contribution in [0.25, 0.3) is 11.0 Å². The van der Waals surface area contributed by atoms with Crippen LogP contribution in [0.3, 0.4) is 0 Å². The topological polar surface area (TPSA) is 40.8 Å². The van der Waals surface area contributed by atoms with Gasteiger partial charge >= 0.3 is 0 Å². The molecule has 1 aromatic carbocycles. The van der Waals surface area contributed by atoms with Gasteiger partial charge in [0.15, 0.2) is 5.96 Å². The molecule has 1 heterocycles. The Morgan fingerprint density at radius 1 is 1.36 bits per heavy atom. The van der Waals surface area contributed by atoms with Crippen molar-refractivity contribution in [2.45, 2.75) is 25.1 Å². The van der Waals surface area contributed by atoms with Crippen LogP contribution >= 0.6 is 11.8 Å². The Bertz CT molecular complexity index is 615.